The topological polar surface area (TPSA) is 20.2 Å². The van der Waals surface area contributed by atoms with Crippen LogP contribution in [0.25, 0.3) is 0 Å². The van der Waals surface area contributed by atoms with E-state index in [1.165, 1.54) is 32.1 Å². The zero-order chi connectivity index (χ0) is 10.1. The summed E-state index contributed by atoms with van der Waals surface area (Å²) in [5, 5.41) is 9.67. The molecule has 0 aromatic heterocycles. The minimum absolute atomic E-state index is 0.0633. The average Bonchev–Trinajstić information content (AvgIpc) is 2.17. The molecule has 80 valence electrons. The second kappa shape index (κ2) is 8.55. The summed E-state index contributed by atoms with van der Waals surface area (Å²) < 4.78 is 0. The Morgan fingerprint density at radius 1 is 0.923 bits per heavy atom. The summed E-state index contributed by atoms with van der Waals surface area (Å²) in [6.45, 7) is 6.49. The molecule has 0 amide bonds. The highest BCUT2D eigenvalue weighted by Gasteiger charge is 2.14. The summed E-state index contributed by atoms with van der Waals surface area (Å²) in [5.74, 6) is 0.543. The van der Waals surface area contributed by atoms with Crippen LogP contribution in [-0.2, 0) is 0 Å². The molecular weight excluding hydrogens is 160 g/mol. The lowest BCUT2D eigenvalue weighted by molar-refractivity contribution is 0.0946. The van der Waals surface area contributed by atoms with E-state index < -0.39 is 0 Å². The van der Waals surface area contributed by atoms with Crippen molar-refractivity contribution in [3.63, 3.8) is 0 Å². The van der Waals surface area contributed by atoms with E-state index in [1.54, 1.807) is 0 Å². The zero-order valence-corrected chi connectivity index (χ0v) is 9.55. The Hall–Kier alpha value is -0.0400. The smallest absolute Gasteiger partial charge is 0.0565 e. The quantitative estimate of drug-likeness (QED) is 0.572. The summed E-state index contributed by atoms with van der Waals surface area (Å²) in [4.78, 5) is 0. The molecule has 0 spiro atoms. The largest absolute Gasteiger partial charge is 0.393 e. The molecule has 1 nitrogen and oxygen atoms in total. The molecule has 13 heavy (non-hydrogen) atoms. The first kappa shape index (κ1) is 13.0. The fourth-order valence-electron chi connectivity index (χ4n) is 1.84. The van der Waals surface area contributed by atoms with Gasteiger partial charge in [0.15, 0.2) is 0 Å². The van der Waals surface area contributed by atoms with E-state index >= 15 is 0 Å². The molecule has 0 radical (unpaired) electrons. The minimum Gasteiger partial charge on any atom is -0.393 e. The van der Waals surface area contributed by atoms with Crippen LogP contribution in [0.1, 0.15) is 65.7 Å². The Morgan fingerprint density at radius 2 is 1.62 bits per heavy atom. The number of aliphatic hydroxyl groups excluding tert-OH is 1. The van der Waals surface area contributed by atoms with E-state index in [9.17, 15) is 5.11 Å². The summed E-state index contributed by atoms with van der Waals surface area (Å²) in [7, 11) is 0. The molecule has 0 aromatic rings. The summed E-state index contributed by atoms with van der Waals surface area (Å²) >= 11 is 0. The summed E-state index contributed by atoms with van der Waals surface area (Å²) in [6.07, 6.45) is 8.46. The van der Waals surface area contributed by atoms with Gasteiger partial charge in [-0.1, -0.05) is 52.9 Å². The highest BCUT2D eigenvalue weighted by Crippen LogP contribution is 2.19. The van der Waals surface area contributed by atoms with Crippen LogP contribution in [-0.4, -0.2) is 11.2 Å². The highest BCUT2D eigenvalue weighted by molar-refractivity contribution is 4.66. The number of hydrogen-bond donors (Lipinski definition) is 1. The Balaban J connectivity index is 3.47. The Kier molecular flexibility index (Phi) is 8.53. The van der Waals surface area contributed by atoms with Gasteiger partial charge in [-0.25, -0.2) is 0 Å². The van der Waals surface area contributed by atoms with Crippen LogP contribution in [0.2, 0.25) is 0 Å². The molecule has 1 heteroatoms. The standard InChI is InChI=1S/C12H26O/c1-4-7-8-9-10-11(5-2)12(13)6-3/h11-13H,4-10H2,1-3H3. The maximum absolute atomic E-state index is 9.67. The molecule has 0 saturated carbocycles. The number of unbranched alkanes of at least 4 members (excludes halogenated alkanes) is 3. The first-order valence-electron chi connectivity index (χ1n) is 5.94. The molecule has 2 atom stereocenters. The third kappa shape index (κ3) is 6.09. The van der Waals surface area contributed by atoms with Gasteiger partial charge in [0, 0.05) is 0 Å². The van der Waals surface area contributed by atoms with Gasteiger partial charge < -0.3 is 5.11 Å². The Morgan fingerprint density at radius 3 is 2.08 bits per heavy atom. The molecule has 0 fully saturated rings. The van der Waals surface area contributed by atoms with Crippen LogP contribution in [0.4, 0.5) is 0 Å². The van der Waals surface area contributed by atoms with E-state index in [-0.39, 0.29) is 6.10 Å². The summed E-state index contributed by atoms with van der Waals surface area (Å²) in [6, 6.07) is 0. The van der Waals surface area contributed by atoms with Crippen molar-refractivity contribution in [1.29, 1.82) is 0 Å². The first-order chi connectivity index (χ1) is 6.26. The highest BCUT2D eigenvalue weighted by atomic mass is 16.3. The summed E-state index contributed by atoms with van der Waals surface area (Å²) in [5.41, 5.74) is 0. The molecule has 0 aliphatic carbocycles. The van der Waals surface area contributed by atoms with Crippen LogP contribution in [0.15, 0.2) is 0 Å². The number of aliphatic hydroxyl groups is 1. The monoisotopic (exact) mass is 186 g/mol. The second-order valence-electron chi connectivity index (χ2n) is 3.99. The molecule has 0 bridgehead atoms. The predicted molar refractivity (Wildman–Crippen MR) is 58.8 cm³/mol. The maximum Gasteiger partial charge on any atom is 0.0565 e. The third-order valence-electron chi connectivity index (χ3n) is 2.92. The van der Waals surface area contributed by atoms with Crippen molar-refractivity contribution in [2.45, 2.75) is 71.8 Å². The van der Waals surface area contributed by atoms with Crippen LogP contribution in [0.5, 0.6) is 0 Å². The molecule has 0 aliphatic heterocycles. The van der Waals surface area contributed by atoms with Gasteiger partial charge in [-0.15, -0.1) is 0 Å². The fraction of sp³-hybridized carbons (Fsp3) is 1.00. The normalized spacial score (nSPS) is 15.7. The van der Waals surface area contributed by atoms with Crippen molar-refractivity contribution < 1.29 is 5.11 Å². The van der Waals surface area contributed by atoms with E-state index in [1.807, 2.05) is 0 Å². The molecule has 1 N–H and O–H groups in total. The fourth-order valence-corrected chi connectivity index (χ4v) is 1.84. The van der Waals surface area contributed by atoms with Gasteiger partial charge in [0.25, 0.3) is 0 Å². The molecule has 0 rings (SSSR count). The minimum atomic E-state index is -0.0633. The van der Waals surface area contributed by atoms with Gasteiger partial charge >= 0.3 is 0 Å². The molecule has 0 saturated heterocycles. The lowest BCUT2D eigenvalue weighted by atomic mass is 9.91. The van der Waals surface area contributed by atoms with Gasteiger partial charge in [0.2, 0.25) is 0 Å². The van der Waals surface area contributed by atoms with Crippen molar-refractivity contribution >= 4 is 0 Å². The predicted octanol–water partition coefficient (Wildman–Crippen LogP) is 3.75. The van der Waals surface area contributed by atoms with Crippen LogP contribution >= 0.6 is 0 Å². The van der Waals surface area contributed by atoms with Gasteiger partial charge in [0.1, 0.15) is 0 Å². The first-order valence-corrected chi connectivity index (χ1v) is 5.94. The Labute approximate surface area is 83.5 Å². The molecule has 0 aliphatic rings. The van der Waals surface area contributed by atoms with E-state index in [2.05, 4.69) is 20.8 Å². The van der Waals surface area contributed by atoms with Crippen molar-refractivity contribution in [1.82, 2.24) is 0 Å². The lowest BCUT2D eigenvalue weighted by Crippen LogP contribution is -2.18. The van der Waals surface area contributed by atoms with Gasteiger partial charge in [-0.3, -0.25) is 0 Å². The van der Waals surface area contributed by atoms with Crippen molar-refractivity contribution in [3.8, 4) is 0 Å². The van der Waals surface area contributed by atoms with Crippen molar-refractivity contribution in [3.05, 3.63) is 0 Å². The molecule has 0 heterocycles. The number of rotatable bonds is 8. The average molecular weight is 186 g/mol. The zero-order valence-electron chi connectivity index (χ0n) is 9.55. The lowest BCUT2D eigenvalue weighted by Gasteiger charge is -2.19. The molecular formula is C12H26O. The van der Waals surface area contributed by atoms with E-state index in [4.69, 9.17) is 0 Å². The Bertz CT molecular complexity index is 101. The van der Waals surface area contributed by atoms with Crippen LogP contribution in [0.3, 0.4) is 0 Å². The van der Waals surface area contributed by atoms with Gasteiger partial charge in [0.05, 0.1) is 6.10 Å². The van der Waals surface area contributed by atoms with E-state index in [0.717, 1.165) is 12.8 Å². The van der Waals surface area contributed by atoms with Gasteiger partial charge in [-0.2, -0.15) is 0 Å². The second-order valence-corrected chi connectivity index (χ2v) is 3.99. The maximum atomic E-state index is 9.67. The van der Waals surface area contributed by atoms with Crippen LogP contribution < -0.4 is 0 Å². The number of hydrogen-bond acceptors (Lipinski definition) is 1. The molecule has 0 aromatic carbocycles. The molecule has 2 unspecified atom stereocenters. The van der Waals surface area contributed by atoms with Crippen molar-refractivity contribution in [2.24, 2.45) is 5.92 Å². The van der Waals surface area contributed by atoms with Crippen molar-refractivity contribution in [2.75, 3.05) is 0 Å². The van der Waals surface area contributed by atoms with E-state index in [0.29, 0.717) is 5.92 Å². The van der Waals surface area contributed by atoms with Crippen LogP contribution in [0, 0.1) is 5.92 Å². The SMILES string of the molecule is CCCCCCC(CC)C(O)CC. The van der Waals surface area contributed by atoms with Gasteiger partial charge in [-0.05, 0) is 18.8 Å². The third-order valence-corrected chi connectivity index (χ3v) is 2.92.